The van der Waals surface area contributed by atoms with E-state index >= 15 is 0 Å². The predicted octanol–water partition coefficient (Wildman–Crippen LogP) is -6.69. The van der Waals surface area contributed by atoms with Crippen LogP contribution in [-0.2, 0) is 67.1 Å². The summed E-state index contributed by atoms with van der Waals surface area (Å²) in [7, 11) is 0. The van der Waals surface area contributed by atoms with Crippen LogP contribution < -0.4 is 53.6 Å². The van der Waals surface area contributed by atoms with Gasteiger partial charge in [0.15, 0.2) is 0 Å². The molecule has 0 saturated heterocycles. The number of carboxylic acid groups (broad SMARTS) is 5. The minimum atomic E-state index is -2.13. The Morgan fingerprint density at radius 3 is 1.18 bits per heavy atom. The number of aliphatic hydroxyl groups excluding tert-OH is 3. The van der Waals surface area contributed by atoms with Gasteiger partial charge >= 0.3 is 29.8 Å². The van der Waals surface area contributed by atoms with Crippen LogP contribution in [-0.4, -0.2) is 204 Å². The van der Waals surface area contributed by atoms with Crippen molar-refractivity contribution in [3.05, 3.63) is 0 Å². The summed E-state index contributed by atoms with van der Waals surface area (Å²) in [5, 5.41) is 95.9. The van der Waals surface area contributed by atoms with Crippen LogP contribution >= 0.6 is 0 Å². The largest absolute Gasteiger partial charge is 0.481 e. The van der Waals surface area contributed by atoms with Crippen LogP contribution in [0.5, 0.6) is 0 Å². The summed E-state index contributed by atoms with van der Waals surface area (Å²) in [6.45, 7) is 6.57. The molecule has 0 aliphatic heterocycles. The third-order valence-electron chi connectivity index (χ3n) is 11.1. The van der Waals surface area contributed by atoms with Crippen LogP contribution in [0.4, 0.5) is 0 Å². The molecule has 0 aromatic heterocycles. The normalized spacial score (nSPS) is 15.8. The zero-order valence-corrected chi connectivity index (χ0v) is 42.7. The number of carbonyl (C=O) groups is 14. The number of nitrogens with one attached hydrogen (secondary N) is 9. The lowest BCUT2D eigenvalue weighted by molar-refractivity contribution is -0.145. The summed E-state index contributed by atoms with van der Waals surface area (Å²) in [4.78, 5) is 176. The predicted molar refractivity (Wildman–Crippen MR) is 256 cm³/mol. The highest BCUT2D eigenvalue weighted by atomic mass is 16.4. The second-order valence-electron chi connectivity index (χ2n) is 18.0. The Labute approximate surface area is 434 Å². The standard InChI is InChI=1S/C44H72N10O22/c1-7-19(4)33(53-43(74)34(21(6)57)54-36(67)22(45)14-18(2)3)42(73)48-24(9-12-30(60)61)38(69)52-27(16-55)40(71)46-20(5)35(66)51-28(17-56)41(72)50-26(15-32(64)65)39(70)47-23(8-11-29(58)59)37(68)49-25(44(75)76)10-13-31(62)63/h18-28,33-34,55-57H,7-17,45H2,1-6H3,(H,46,71)(H,47,70)(H,48,73)(H,49,68)(H,50,72)(H,51,66)(H,52,69)(H,53,74)(H,54,67)(H,58,59)(H,60,61)(H,62,63)(H,64,65)(H,75,76)/t19-,20-,21+,22-,23-,24-,25-,26-,27-,28-,33-,34-/m0/s1. The molecule has 0 saturated carbocycles. The molecule has 0 heterocycles. The maximum Gasteiger partial charge on any atom is 0.326 e. The van der Waals surface area contributed by atoms with Crippen LogP contribution in [0.3, 0.4) is 0 Å². The number of aliphatic carboxylic acids is 5. The molecular formula is C44H72N10O22. The van der Waals surface area contributed by atoms with Crippen molar-refractivity contribution in [2.24, 2.45) is 17.6 Å². The summed E-state index contributed by atoms with van der Waals surface area (Å²) in [6, 6.07) is -17.4. The molecule has 0 aromatic rings. The monoisotopic (exact) mass is 1090 g/mol. The van der Waals surface area contributed by atoms with Crippen molar-refractivity contribution in [3.63, 3.8) is 0 Å². The summed E-state index contributed by atoms with van der Waals surface area (Å²) >= 11 is 0. The average molecular weight is 1090 g/mol. The van der Waals surface area contributed by atoms with E-state index in [1.54, 1.807) is 20.8 Å². The third kappa shape index (κ3) is 25.6. The van der Waals surface area contributed by atoms with Crippen molar-refractivity contribution in [1.29, 1.82) is 0 Å². The number of nitrogens with two attached hydrogens (primary N) is 1. The zero-order valence-electron chi connectivity index (χ0n) is 42.7. The van der Waals surface area contributed by atoms with Crippen molar-refractivity contribution in [1.82, 2.24) is 47.9 Å². The molecular weight excluding hydrogens is 1020 g/mol. The lowest BCUT2D eigenvalue weighted by atomic mass is 9.96. The number of carbonyl (C=O) groups excluding carboxylic acids is 9. The molecule has 76 heavy (non-hydrogen) atoms. The first-order valence-electron chi connectivity index (χ1n) is 23.8. The maximum absolute atomic E-state index is 13.7. The minimum Gasteiger partial charge on any atom is -0.481 e. The van der Waals surface area contributed by atoms with E-state index in [9.17, 15) is 97.8 Å². The molecule has 0 fully saturated rings. The van der Waals surface area contributed by atoms with Crippen molar-refractivity contribution in [2.45, 2.75) is 166 Å². The molecule has 32 nitrogen and oxygen atoms in total. The summed E-state index contributed by atoms with van der Waals surface area (Å²) in [5.41, 5.74) is 5.92. The lowest BCUT2D eigenvalue weighted by Gasteiger charge is -2.30. The molecule has 19 N–H and O–H groups in total. The fraction of sp³-hybridized carbons (Fsp3) is 0.682. The van der Waals surface area contributed by atoms with E-state index in [-0.39, 0.29) is 18.8 Å². The Hall–Kier alpha value is -7.58. The summed E-state index contributed by atoms with van der Waals surface area (Å²) in [5.74, 6) is -19.3. The first kappa shape index (κ1) is 68.4. The highest BCUT2D eigenvalue weighted by Gasteiger charge is 2.37. The topological polar surface area (TPSA) is 535 Å². The Kier molecular flexibility index (Phi) is 30.7. The smallest absolute Gasteiger partial charge is 0.326 e. The van der Waals surface area contributed by atoms with Gasteiger partial charge in [-0.25, -0.2) is 4.79 Å². The molecule has 0 radical (unpaired) electrons. The summed E-state index contributed by atoms with van der Waals surface area (Å²) < 4.78 is 0. The SMILES string of the molecule is CC[C@H](C)[C@H](NC(=O)[C@@H](NC(=O)[C@@H](N)CC(C)C)[C@@H](C)O)C(=O)N[C@@H](CCC(=O)O)C(=O)N[C@@H](CO)C(=O)N[C@@H](C)C(=O)N[C@@H](CO)C(=O)N[C@@H](CC(=O)O)C(=O)N[C@@H](CCC(=O)O)C(=O)N[C@@H](CCC(=O)O)C(=O)O. The quantitative estimate of drug-likeness (QED) is 0.0275. The van der Waals surface area contributed by atoms with Gasteiger partial charge in [0.25, 0.3) is 0 Å². The Balaban J connectivity index is 6.23. The average Bonchev–Trinajstić information content (AvgIpc) is 3.32. The maximum atomic E-state index is 13.7. The van der Waals surface area contributed by atoms with Crippen LogP contribution in [0.1, 0.15) is 99.3 Å². The fourth-order valence-corrected chi connectivity index (χ4v) is 6.62. The number of rotatable bonds is 37. The fourth-order valence-electron chi connectivity index (χ4n) is 6.62. The van der Waals surface area contributed by atoms with Crippen LogP contribution in [0.2, 0.25) is 0 Å². The number of carboxylic acids is 5. The van der Waals surface area contributed by atoms with Gasteiger partial charge in [-0.3, -0.25) is 62.3 Å². The van der Waals surface area contributed by atoms with Gasteiger partial charge in [0.2, 0.25) is 53.2 Å². The molecule has 32 heteroatoms. The molecule has 0 aliphatic rings. The molecule has 12 atom stereocenters. The van der Waals surface area contributed by atoms with E-state index in [4.69, 9.17) is 15.9 Å². The first-order chi connectivity index (χ1) is 35.3. The molecule has 0 unspecified atom stereocenters. The number of hydrogen-bond acceptors (Lipinski definition) is 18. The van der Waals surface area contributed by atoms with Crippen LogP contribution in [0, 0.1) is 11.8 Å². The number of hydrogen-bond donors (Lipinski definition) is 18. The van der Waals surface area contributed by atoms with Crippen molar-refractivity contribution in [2.75, 3.05) is 13.2 Å². The van der Waals surface area contributed by atoms with Gasteiger partial charge in [-0.1, -0.05) is 34.1 Å². The minimum absolute atomic E-state index is 0.00130. The number of aliphatic hydroxyl groups is 3. The third-order valence-corrected chi connectivity index (χ3v) is 11.1. The van der Waals surface area contributed by atoms with E-state index in [1.807, 2.05) is 21.3 Å². The zero-order chi connectivity index (χ0) is 58.7. The highest BCUT2D eigenvalue weighted by molar-refractivity contribution is 5.99. The Morgan fingerprint density at radius 2 is 0.776 bits per heavy atom. The van der Waals surface area contributed by atoms with E-state index in [0.29, 0.717) is 0 Å². The number of amides is 9. The van der Waals surface area contributed by atoms with Gasteiger partial charge in [0.1, 0.15) is 54.4 Å². The van der Waals surface area contributed by atoms with Crippen LogP contribution in [0.15, 0.2) is 0 Å². The molecule has 0 rings (SSSR count). The van der Waals surface area contributed by atoms with Crippen molar-refractivity contribution >= 4 is 83.0 Å². The van der Waals surface area contributed by atoms with E-state index in [1.165, 1.54) is 13.8 Å². The van der Waals surface area contributed by atoms with Gasteiger partial charge in [-0.2, -0.15) is 0 Å². The van der Waals surface area contributed by atoms with Crippen LogP contribution in [0.25, 0.3) is 0 Å². The highest BCUT2D eigenvalue weighted by Crippen LogP contribution is 2.12. The van der Waals surface area contributed by atoms with E-state index < -0.39 is 214 Å². The first-order valence-corrected chi connectivity index (χ1v) is 23.8. The van der Waals surface area contributed by atoms with Gasteiger partial charge < -0.3 is 94.4 Å². The summed E-state index contributed by atoms with van der Waals surface area (Å²) in [6.07, 6.45) is -6.52. The van der Waals surface area contributed by atoms with Crippen molar-refractivity contribution in [3.8, 4) is 0 Å². The van der Waals surface area contributed by atoms with E-state index in [2.05, 4.69) is 26.6 Å². The van der Waals surface area contributed by atoms with E-state index in [0.717, 1.165) is 6.92 Å². The second-order valence-corrected chi connectivity index (χ2v) is 18.0. The Bertz CT molecular complexity index is 2090. The Morgan fingerprint density at radius 1 is 0.421 bits per heavy atom. The molecule has 430 valence electrons. The van der Waals surface area contributed by atoms with Gasteiger partial charge in [-0.05, 0) is 51.4 Å². The molecule has 0 aromatic carbocycles. The molecule has 0 spiro atoms. The van der Waals surface area contributed by atoms with Gasteiger partial charge in [0, 0.05) is 19.3 Å². The molecule has 9 amide bonds. The second kappa shape index (κ2) is 34.1. The van der Waals surface area contributed by atoms with Gasteiger partial charge in [-0.15, -0.1) is 0 Å². The molecule has 0 aliphatic carbocycles. The van der Waals surface area contributed by atoms with Gasteiger partial charge in [0.05, 0.1) is 31.8 Å². The molecule has 0 bridgehead atoms. The van der Waals surface area contributed by atoms with Crippen molar-refractivity contribution < 1.29 is 108 Å². The lowest BCUT2D eigenvalue weighted by Crippen LogP contribution is -2.62.